The average molecular weight is 202 g/mol. The number of hydrogen-bond acceptors (Lipinski definition) is 3. The molecule has 3 rings (SSSR count). The predicted molar refractivity (Wildman–Crippen MR) is 58.3 cm³/mol. The number of fused-ring (bicyclic) bond motifs is 1. The van der Waals surface area contributed by atoms with Crippen LogP contribution in [0.25, 0.3) is 10.9 Å². The van der Waals surface area contributed by atoms with Crippen LogP contribution in [0.5, 0.6) is 0 Å². The van der Waals surface area contributed by atoms with Gasteiger partial charge in [-0.3, -0.25) is 0 Å². The lowest BCUT2D eigenvalue weighted by Gasteiger charge is -2.23. The van der Waals surface area contributed by atoms with Gasteiger partial charge in [-0.25, -0.2) is 0 Å². The fraction of sp³-hybridized carbons (Fsp3) is 0.417. The number of hydrogen-bond donors (Lipinski definition) is 1. The first-order chi connectivity index (χ1) is 7.28. The molecule has 0 atom stereocenters. The normalized spacial score (nSPS) is 19.8. The molecule has 1 aliphatic rings. The summed E-state index contributed by atoms with van der Waals surface area (Å²) in [6, 6.07) is 6.20. The summed E-state index contributed by atoms with van der Waals surface area (Å²) in [4.78, 5) is 0. The SMILES string of the molecule is NC1(c2ccc3conc3c2)CCCC1. The number of rotatable bonds is 1. The van der Waals surface area contributed by atoms with Crippen molar-refractivity contribution in [2.75, 3.05) is 0 Å². The zero-order valence-electron chi connectivity index (χ0n) is 8.57. The zero-order valence-corrected chi connectivity index (χ0v) is 8.57. The van der Waals surface area contributed by atoms with E-state index in [1.807, 2.05) is 6.07 Å². The maximum Gasteiger partial charge on any atom is 0.131 e. The minimum atomic E-state index is -0.132. The van der Waals surface area contributed by atoms with Crippen molar-refractivity contribution in [3.8, 4) is 0 Å². The average Bonchev–Trinajstić information content (AvgIpc) is 2.85. The third kappa shape index (κ3) is 1.35. The molecule has 3 nitrogen and oxygen atoms in total. The maximum absolute atomic E-state index is 6.38. The molecule has 1 saturated carbocycles. The van der Waals surface area contributed by atoms with E-state index in [1.54, 1.807) is 6.26 Å². The summed E-state index contributed by atoms with van der Waals surface area (Å²) in [5, 5.41) is 4.99. The van der Waals surface area contributed by atoms with Crippen molar-refractivity contribution in [2.45, 2.75) is 31.2 Å². The van der Waals surface area contributed by atoms with Crippen molar-refractivity contribution >= 4 is 10.9 Å². The highest BCUT2D eigenvalue weighted by Crippen LogP contribution is 2.37. The van der Waals surface area contributed by atoms with E-state index in [4.69, 9.17) is 10.3 Å². The molecular weight excluding hydrogens is 188 g/mol. The fourth-order valence-electron chi connectivity index (χ4n) is 2.47. The molecule has 0 spiro atoms. The molecule has 0 aliphatic heterocycles. The van der Waals surface area contributed by atoms with E-state index in [0.717, 1.165) is 23.7 Å². The molecule has 2 N–H and O–H groups in total. The minimum Gasteiger partial charge on any atom is -0.364 e. The Morgan fingerprint density at radius 2 is 2.07 bits per heavy atom. The monoisotopic (exact) mass is 202 g/mol. The van der Waals surface area contributed by atoms with Crippen LogP contribution in [-0.4, -0.2) is 5.16 Å². The summed E-state index contributed by atoms with van der Waals surface area (Å²) in [5.74, 6) is 0. The molecule has 0 unspecified atom stereocenters. The second-order valence-electron chi connectivity index (χ2n) is 4.45. The van der Waals surface area contributed by atoms with Crippen LogP contribution in [0.1, 0.15) is 31.2 Å². The van der Waals surface area contributed by atoms with E-state index in [-0.39, 0.29) is 5.54 Å². The first kappa shape index (κ1) is 8.92. The molecule has 2 aromatic rings. The minimum absolute atomic E-state index is 0.132. The lowest BCUT2D eigenvalue weighted by molar-refractivity contribution is 0.427. The van der Waals surface area contributed by atoms with Crippen molar-refractivity contribution in [1.82, 2.24) is 5.16 Å². The molecule has 15 heavy (non-hydrogen) atoms. The predicted octanol–water partition coefficient (Wildman–Crippen LogP) is 2.56. The highest BCUT2D eigenvalue weighted by Gasteiger charge is 2.31. The third-order valence-electron chi connectivity index (χ3n) is 3.43. The van der Waals surface area contributed by atoms with Gasteiger partial charge in [0.25, 0.3) is 0 Å². The molecule has 1 aliphatic carbocycles. The summed E-state index contributed by atoms with van der Waals surface area (Å²) in [6.07, 6.45) is 6.28. The van der Waals surface area contributed by atoms with Crippen LogP contribution >= 0.6 is 0 Å². The van der Waals surface area contributed by atoms with Gasteiger partial charge < -0.3 is 10.3 Å². The van der Waals surface area contributed by atoms with Gasteiger partial charge in [-0.2, -0.15) is 0 Å². The molecule has 1 fully saturated rings. The second-order valence-corrected chi connectivity index (χ2v) is 4.45. The van der Waals surface area contributed by atoms with Crippen molar-refractivity contribution in [1.29, 1.82) is 0 Å². The van der Waals surface area contributed by atoms with E-state index >= 15 is 0 Å². The van der Waals surface area contributed by atoms with Gasteiger partial charge in [0, 0.05) is 10.9 Å². The van der Waals surface area contributed by atoms with Gasteiger partial charge >= 0.3 is 0 Å². The van der Waals surface area contributed by atoms with E-state index in [9.17, 15) is 0 Å². The lowest BCUT2D eigenvalue weighted by atomic mass is 9.89. The second kappa shape index (κ2) is 3.07. The summed E-state index contributed by atoms with van der Waals surface area (Å²) >= 11 is 0. The first-order valence-corrected chi connectivity index (χ1v) is 5.41. The molecule has 78 valence electrons. The lowest BCUT2D eigenvalue weighted by Crippen LogP contribution is -2.32. The van der Waals surface area contributed by atoms with Crippen LogP contribution in [0.3, 0.4) is 0 Å². The molecule has 0 amide bonds. The largest absolute Gasteiger partial charge is 0.364 e. The van der Waals surface area contributed by atoms with Crippen LogP contribution < -0.4 is 5.73 Å². The van der Waals surface area contributed by atoms with E-state index in [2.05, 4.69) is 17.3 Å². The maximum atomic E-state index is 6.38. The van der Waals surface area contributed by atoms with Crippen LogP contribution in [0.2, 0.25) is 0 Å². The Morgan fingerprint density at radius 3 is 2.87 bits per heavy atom. The Hall–Kier alpha value is -1.35. The number of nitrogens with two attached hydrogens (primary N) is 1. The van der Waals surface area contributed by atoms with Crippen LogP contribution in [0.4, 0.5) is 0 Å². The van der Waals surface area contributed by atoms with Crippen LogP contribution in [0.15, 0.2) is 29.0 Å². The highest BCUT2D eigenvalue weighted by molar-refractivity contribution is 5.78. The molecule has 1 aromatic carbocycles. The molecule has 0 bridgehead atoms. The number of nitrogens with zero attached hydrogens (tertiary/aromatic N) is 1. The molecule has 3 heteroatoms. The van der Waals surface area contributed by atoms with E-state index < -0.39 is 0 Å². The van der Waals surface area contributed by atoms with Gasteiger partial charge in [-0.15, -0.1) is 0 Å². The van der Waals surface area contributed by atoms with Gasteiger partial charge in [0.2, 0.25) is 0 Å². The van der Waals surface area contributed by atoms with Crippen molar-refractivity contribution < 1.29 is 4.52 Å². The molecule has 1 aromatic heterocycles. The number of benzene rings is 1. The summed E-state index contributed by atoms with van der Waals surface area (Å²) in [6.45, 7) is 0. The topological polar surface area (TPSA) is 52.0 Å². The van der Waals surface area contributed by atoms with Crippen LogP contribution in [-0.2, 0) is 5.54 Å². The van der Waals surface area contributed by atoms with Crippen molar-refractivity contribution in [3.05, 3.63) is 30.0 Å². The van der Waals surface area contributed by atoms with Gasteiger partial charge in [0.1, 0.15) is 11.8 Å². The summed E-state index contributed by atoms with van der Waals surface area (Å²) in [5.41, 5.74) is 8.35. The van der Waals surface area contributed by atoms with Crippen molar-refractivity contribution in [2.24, 2.45) is 5.73 Å². The Morgan fingerprint density at radius 1 is 1.27 bits per heavy atom. The fourth-order valence-corrected chi connectivity index (χ4v) is 2.47. The molecule has 0 saturated heterocycles. The molecule has 1 heterocycles. The van der Waals surface area contributed by atoms with E-state index in [0.29, 0.717) is 0 Å². The smallest absolute Gasteiger partial charge is 0.131 e. The quantitative estimate of drug-likeness (QED) is 0.773. The standard InChI is InChI=1S/C12H14N2O/c13-12(5-1-2-6-12)10-4-3-9-8-15-14-11(9)7-10/h3-4,7-8H,1-2,5-6,13H2. The Bertz CT molecular complexity index is 483. The zero-order chi connectivity index (χ0) is 10.3. The van der Waals surface area contributed by atoms with Gasteiger partial charge in [-0.05, 0) is 30.5 Å². The molecular formula is C12H14N2O. The Kier molecular flexibility index (Phi) is 1.83. The summed E-state index contributed by atoms with van der Waals surface area (Å²) in [7, 11) is 0. The van der Waals surface area contributed by atoms with Gasteiger partial charge in [0.15, 0.2) is 0 Å². The summed E-state index contributed by atoms with van der Waals surface area (Å²) < 4.78 is 4.92. The van der Waals surface area contributed by atoms with E-state index in [1.165, 1.54) is 18.4 Å². The highest BCUT2D eigenvalue weighted by atomic mass is 16.5. The number of aromatic nitrogens is 1. The first-order valence-electron chi connectivity index (χ1n) is 5.41. The Balaban J connectivity index is 2.10. The Labute approximate surface area is 88.2 Å². The van der Waals surface area contributed by atoms with Crippen molar-refractivity contribution in [3.63, 3.8) is 0 Å². The third-order valence-corrected chi connectivity index (χ3v) is 3.43. The van der Waals surface area contributed by atoms with Crippen LogP contribution in [0, 0.1) is 0 Å². The molecule has 0 radical (unpaired) electrons. The van der Waals surface area contributed by atoms with Gasteiger partial charge in [-0.1, -0.05) is 24.1 Å². The van der Waals surface area contributed by atoms with Gasteiger partial charge in [0.05, 0.1) is 0 Å².